The fourth-order valence-electron chi connectivity index (χ4n) is 2.74. The quantitative estimate of drug-likeness (QED) is 0.564. The molecule has 1 spiro atoms. The molecule has 0 saturated heterocycles. The van der Waals surface area contributed by atoms with E-state index in [4.69, 9.17) is 0 Å². The van der Waals surface area contributed by atoms with Gasteiger partial charge in [0, 0.05) is 12.8 Å². The Morgan fingerprint density at radius 3 is 3.00 bits per heavy atom. The van der Waals surface area contributed by atoms with Crippen LogP contribution in [0.5, 0.6) is 0 Å². The molecule has 0 aromatic rings. The van der Waals surface area contributed by atoms with Crippen LogP contribution < -0.4 is 0 Å². The summed E-state index contributed by atoms with van der Waals surface area (Å²) in [6.07, 6.45) is 6.89. The van der Waals surface area contributed by atoms with Crippen molar-refractivity contribution >= 4 is 5.78 Å². The topological polar surface area (TPSA) is 17.1 Å². The van der Waals surface area contributed by atoms with Gasteiger partial charge in [-0.1, -0.05) is 13.3 Å². The number of carbonyl (C=O) groups is 1. The zero-order valence-electron chi connectivity index (χ0n) is 7.23. The minimum atomic E-state index is 0.518. The molecule has 1 heteroatoms. The molecule has 0 aromatic heterocycles. The fraction of sp³-hybridized carbons (Fsp3) is 0.900. The lowest BCUT2D eigenvalue weighted by atomic mass is 9.83. The van der Waals surface area contributed by atoms with Crippen LogP contribution in [0.2, 0.25) is 0 Å². The molecule has 2 atom stereocenters. The molecule has 0 radical (unpaired) electrons. The third-order valence-electron chi connectivity index (χ3n) is 3.53. The Morgan fingerprint density at radius 1 is 1.64 bits per heavy atom. The number of Topliss-reactive ketones (excluding diaryl/α,β-unsaturated/α-hetero) is 1. The summed E-state index contributed by atoms with van der Waals surface area (Å²) in [7, 11) is 0. The van der Waals surface area contributed by atoms with Crippen LogP contribution in [0, 0.1) is 11.3 Å². The minimum Gasteiger partial charge on any atom is -0.300 e. The Balaban J connectivity index is 2.00. The number of carbonyl (C=O) groups excluding carboxylic acids is 1. The average molecular weight is 152 g/mol. The Kier molecular flexibility index (Phi) is 1.55. The van der Waals surface area contributed by atoms with Crippen LogP contribution in [0.3, 0.4) is 0 Å². The van der Waals surface area contributed by atoms with Gasteiger partial charge in [0.25, 0.3) is 0 Å². The van der Waals surface area contributed by atoms with Crippen LogP contribution in [-0.4, -0.2) is 5.78 Å². The first-order valence-electron chi connectivity index (χ1n) is 4.78. The molecule has 2 rings (SSSR count). The molecule has 0 amide bonds. The van der Waals surface area contributed by atoms with Gasteiger partial charge >= 0.3 is 0 Å². The third kappa shape index (κ3) is 1.11. The van der Waals surface area contributed by atoms with Crippen LogP contribution in [0.4, 0.5) is 0 Å². The Bertz CT molecular complexity index is 185. The van der Waals surface area contributed by atoms with Gasteiger partial charge in [-0.2, -0.15) is 0 Å². The molecule has 0 heterocycles. The standard InChI is InChI=1S/C10H16O/c1-2-8-6-10(8)5-3-4-9(11)7-10/h8H,2-7H2,1H3. The molecule has 11 heavy (non-hydrogen) atoms. The SMILES string of the molecule is CCC1CC12CCCC(=O)C2. The highest BCUT2D eigenvalue weighted by Gasteiger charge is 2.54. The van der Waals surface area contributed by atoms with Crippen molar-refractivity contribution in [2.24, 2.45) is 11.3 Å². The van der Waals surface area contributed by atoms with Gasteiger partial charge in [-0.05, 0) is 30.6 Å². The van der Waals surface area contributed by atoms with Crippen LogP contribution in [0.25, 0.3) is 0 Å². The molecular weight excluding hydrogens is 136 g/mol. The van der Waals surface area contributed by atoms with E-state index in [0.29, 0.717) is 11.2 Å². The maximum Gasteiger partial charge on any atom is 0.133 e. The average Bonchev–Trinajstić information content (AvgIpc) is 2.63. The van der Waals surface area contributed by atoms with Gasteiger partial charge < -0.3 is 0 Å². The smallest absolute Gasteiger partial charge is 0.133 e. The van der Waals surface area contributed by atoms with E-state index in [0.717, 1.165) is 25.2 Å². The van der Waals surface area contributed by atoms with Gasteiger partial charge in [-0.3, -0.25) is 4.79 Å². The van der Waals surface area contributed by atoms with E-state index in [1.54, 1.807) is 0 Å². The van der Waals surface area contributed by atoms with Gasteiger partial charge in [-0.25, -0.2) is 0 Å². The van der Waals surface area contributed by atoms with Crippen LogP contribution >= 0.6 is 0 Å². The molecule has 2 fully saturated rings. The molecule has 0 aliphatic heterocycles. The predicted octanol–water partition coefficient (Wildman–Crippen LogP) is 2.55. The third-order valence-corrected chi connectivity index (χ3v) is 3.53. The Hall–Kier alpha value is -0.330. The second-order valence-electron chi connectivity index (χ2n) is 4.24. The van der Waals surface area contributed by atoms with Crippen molar-refractivity contribution in [3.8, 4) is 0 Å². The van der Waals surface area contributed by atoms with Crippen molar-refractivity contribution in [3.05, 3.63) is 0 Å². The molecule has 2 aliphatic carbocycles. The van der Waals surface area contributed by atoms with Crippen molar-refractivity contribution in [3.63, 3.8) is 0 Å². The summed E-state index contributed by atoms with van der Waals surface area (Å²) in [6.45, 7) is 2.25. The highest BCUT2D eigenvalue weighted by Crippen LogP contribution is 2.61. The maximum absolute atomic E-state index is 11.2. The predicted molar refractivity (Wildman–Crippen MR) is 44.3 cm³/mol. The van der Waals surface area contributed by atoms with E-state index in [-0.39, 0.29) is 0 Å². The number of ketones is 1. The molecule has 2 saturated carbocycles. The molecule has 62 valence electrons. The van der Waals surface area contributed by atoms with Crippen LogP contribution in [0.1, 0.15) is 45.4 Å². The largest absolute Gasteiger partial charge is 0.300 e. The second-order valence-corrected chi connectivity index (χ2v) is 4.24. The minimum absolute atomic E-state index is 0.518. The highest BCUT2D eigenvalue weighted by molar-refractivity contribution is 5.80. The highest BCUT2D eigenvalue weighted by atomic mass is 16.1. The maximum atomic E-state index is 11.2. The number of hydrogen-bond acceptors (Lipinski definition) is 1. The normalized spacial score (nSPS) is 43.0. The second kappa shape index (κ2) is 2.33. The summed E-state index contributed by atoms with van der Waals surface area (Å²) < 4.78 is 0. The Morgan fingerprint density at radius 2 is 2.45 bits per heavy atom. The molecule has 0 aromatic carbocycles. The van der Waals surface area contributed by atoms with Crippen molar-refractivity contribution in [1.82, 2.24) is 0 Å². The van der Waals surface area contributed by atoms with Crippen LogP contribution in [-0.2, 0) is 4.79 Å². The number of hydrogen-bond donors (Lipinski definition) is 0. The monoisotopic (exact) mass is 152 g/mol. The summed E-state index contributed by atoms with van der Waals surface area (Å²) in [6, 6.07) is 0. The van der Waals surface area contributed by atoms with Gasteiger partial charge in [-0.15, -0.1) is 0 Å². The molecule has 0 bridgehead atoms. The van der Waals surface area contributed by atoms with Gasteiger partial charge in [0.05, 0.1) is 0 Å². The lowest BCUT2D eigenvalue weighted by molar-refractivity contribution is -0.122. The molecule has 2 aliphatic rings. The van der Waals surface area contributed by atoms with E-state index in [1.165, 1.54) is 19.3 Å². The van der Waals surface area contributed by atoms with E-state index in [1.807, 2.05) is 0 Å². The van der Waals surface area contributed by atoms with E-state index < -0.39 is 0 Å². The first-order chi connectivity index (χ1) is 5.27. The van der Waals surface area contributed by atoms with Crippen molar-refractivity contribution in [2.75, 3.05) is 0 Å². The molecule has 1 nitrogen and oxygen atoms in total. The van der Waals surface area contributed by atoms with Gasteiger partial charge in [0.15, 0.2) is 0 Å². The lowest BCUT2D eigenvalue weighted by Gasteiger charge is -2.20. The first kappa shape index (κ1) is 7.33. The summed E-state index contributed by atoms with van der Waals surface area (Å²) in [4.78, 5) is 11.2. The van der Waals surface area contributed by atoms with E-state index in [9.17, 15) is 4.79 Å². The summed E-state index contributed by atoms with van der Waals surface area (Å²) >= 11 is 0. The summed E-state index contributed by atoms with van der Waals surface area (Å²) in [5.74, 6) is 1.42. The Labute approximate surface area is 68.2 Å². The molecule has 0 N–H and O–H groups in total. The van der Waals surface area contributed by atoms with Crippen molar-refractivity contribution in [1.29, 1.82) is 0 Å². The number of rotatable bonds is 1. The van der Waals surface area contributed by atoms with E-state index >= 15 is 0 Å². The summed E-state index contributed by atoms with van der Waals surface area (Å²) in [5, 5.41) is 0. The van der Waals surface area contributed by atoms with E-state index in [2.05, 4.69) is 6.92 Å². The van der Waals surface area contributed by atoms with Gasteiger partial charge in [0.1, 0.15) is 5.78 Å². The fourth-order valence-corrected chi connectivity index (χ4v) is 2.74. The lowest BCUT2D eigenvalue weighted by Crippen LogP contribution is -2.17. The van der Waals surface area contributed by atoms with Crippen LogP contribution in [0.15, 0.2) is 0 Å². The first-order valence-corrected chi connectivity index (χ1v) is 4.78. The van der Waals surface area contributed by atoms with Gasteiger partial charge in [0.2, 0.25) is 0 Å². The van der Waals surface area contributed by atoms with Crippen molar-refractivity contribution in [2.45, 2.75) is 45.4 Å². The van der Waals surface area contributed by atoms with Crippen molar-refractivity contribution < 1.29 is 4.79 Å². The summed E-state index contributed by atoms with van der Waals surface area (Å²) in [5.41, 5.74) is 0.518. The molecular formula is C10H16O. The molecule has 2 unspecified atom stereocenters. The zero-order valence-corrected chi connectivity index (χ0v) is 7.23. The zero-order chi connectivity index (χ0) is 7.90.